The van der Waals surface area contributed by atoms with Gasteiger partial charge in [0.2, 0.25) is 11.8 Å². The molecule has 0 aliphatic carbocycles. The van der Waals surface area contributed by atoms with Crippen molar-refractivity contribution >= 4 is 24.1 Å². The van der Waals surface area contributed by atoms with Crippen molar-refractivity contribution in [2.75, 3.05) is 19.6 Å². The molecule has 124 valence electrons. The van der Waals surface area contributed by atoms with Crippen molar-refractivity contribution in [2.45, 2.75) is 37.8 Å². The first-order valence-corrected chi connectivity index (χ1v) is 7.28. The van der Waals surface area contributed by atoms with Gasteiger partial charge >= 0.3 is 0 Å². The zero-order valence-electron chi connectivity index (χ0n) is 12.5. The van der Waals surface area contributed by atoms with Gasteiger partial charge in [0.15, 0.2) is 5.96 Å². The maximum Gasteiger partial charge on any atom is 0.240 e. The van der Waals surface area contributed by atoms with Gasteiger partial charge < -0.3 is 32.2 Å². The number of nitrogens with zero attached hydrogens (tertiary/aromatic N) is 2. The second kappa shape index (κ2) is 8.98. The molecule has 2 unspecified atom stereocenters. The third kappa shape index (κ3) is 6.08. The summed E-state index contributed by atoms with van der Waals surface area (Å²) < 4.78 is 0. The van der Waals surface area contributed by atoms with E-state index in [0.717, 1.165) is 6.42 Å². The predicted molar refractivity (Wildman–Crippen MR) is 81.7 cm³/mol. The van der Waals surface area contributed by atoms with Gasteiger partial charge in [-0.3, -0.25) is 14.6 Å². The molecule has 9 nitrogen and oxygen atoms in total. The Kier molecular flexibility index (Phi) is 7.30. The van der Waals surface area contributed by atoms with Gasteiger partial charge in [0.1, 0.15) is 6.29 Å². The van der Waals surface area contributed by atoms with Crippen molar-refractivity contribution in [1.29, 1.82) is 0 Å². The zero-order chi connectivity index (χ0) is 16.5. The minimum Gasteiger partial charge on any atom is -0.370 e. The number of carbonyl (C=O) groups is 3. The number of likely N-dealkylation sites (tertiary alicyclic amines) is 1. The smallest absolute Gasteiger partial charge is 0.240 e. The molecule has 0 aromatic rings. The summed E-state index contributed by atoms with van der Waals surface area (Å²) in [6, 6.07) is -1.15. The fourth-order valence-corrected chi connectivity index (χ4v) is 2.25. The molecule has 0 aromatic heterocycles. The Morgan fingerprint density at radius 1 is 1.50 bits per heavy atom. The van der Waals surface area contributed by atoms with Crippen LogP contribution in [0.2, 0.25) is 0 Å². The number of nitrogens with two attached hydrogens (primary N) is 3. The van der Waals surface area contributed by atoms with Crippen LogP contribution in [0.25, 0.3) is 0 Å². The Balaban J connectivity index is 2.36. The van der Waals surface area contributed by atoms with Crippen molar-refractivity contribution in [1.82, 2.24) is 10.2 Å². The second-order valence-corrected chi connectivity index (χ2v) is 5.27. The largest absolute Gasteiger partial charge is 0.370 e. The Hall–Kier alpha value is -2.16. The first-order chi connectivity index (χ1) is 10.4. The molecule has 0 bridgehead atoms. The summed E-state index contributed by atoms with van der Waals surface area (Å²) in [7, 11) is 0. The van der Waals surface area contributed by atoms with Gasteiger partial charge in [0, 0.05) is 13.1 Å². The predicted octanol–water partition coefficient (Wildman–Crippen LogP) is -2.33. The number of rotatable bonds is 8. The Morgan fingerprint density at radius 2 is 2.23 bits per heavy atom. The van der Waals surface area contributed by atoms with Crippen LogP contribution in [0.4, 0.5) is 0 Å². The first kappa shape index (κ1) is 17.9. The standard InChI is InChI=1S/C13H24N6O3/c14-10-4-2-6-19(12(10)22)7-11(21)18-9(8-20)3-1-5-17-13(15)16/h8-10H,1-7,14H2,(H,18,21)(H4,15,16,17). The maximum atomic E-state index is 11.9. The van der Waals surface area contributed by atoms with Gasteiger partial charge in [-0.15, -0.1) is 0 Å². The van der Waals surface area contributed by atoms with Crippen LogP contribution in [0.3, 0.4) is 0 Å². The highest BCUT2D eigenvalue weighted by Gasteiger charge is 2.27. The fourth-order valence-electron chi connectivity index (χ4n) is 2.25. The molecule has 9 heteroatoms. The highest BCUT2D eigenvalue weighted by molar-refractivity contribution is 5.88. The minimum absolute atomic E-state index is 0.00774. The normalized spacial score (nSPS) is 19.4. The van der Waals surface area contributed by atoms with E-state index >= 15 is 0 Å². The van der Waals surface area contributed by atoms with Crippen molar-refractivity contribution in [3.63, 3.8) is 0 Å². The molecule has 1 fully saturated rings. The van der Waals surface area contributed by atoms with E-state index in [1.54, 1.807) is 0 Å². The van der Waals surface area contributed by atoms with Crippen molar-refractivity contribution in [3.8, 4) is 0 Å². The first-order valence-electron chi connectivity index (χ1n) is 7.28. The molecular weight excluding hydrogens is 288 g/mol. The van der Waals surface area contributed by atoms with Gasteiger partial charge in [0.25, 0.3) is 0 Å². The Labute approximate surface area is 129 Å². The number of carbonyl (C=O) groups excluding carboxylic acids is 3. The Morgan fingerprint density at radius 3 is 2.86 bits per heavy atom. The molecule has 1 aliphatic rings. The minimum atomic E-state index is -0.615. The number of guanidine groups is 1. The molecule has 1 saturated heterocycles. The Bertz CT molecular complexity index is 435. The maximum absolute atomic E-state index is 11.9. The number of hydrogen-bond donors (Lipinski definition) is 4. The van der Waals surface area contributed by atoms with Gasteiger partial charge in [-0.1, -0.05) is 0 Å². The molecule has 0 spiro atoms. The number of hydrogen-bond acceptors (Lipinski definition) is 5. The van der Waals surface area contributed by atoms with Crippen LogP contribution in [0, 0.1) is 0 Å². The number of aldehydes is 1. The summed E-state index contributed by atoms with van der Waals surface area (Å²) >= 11 is 0. The lowest BCUT2D eigenvalue weighted by Crippen LogP contribution is -2.52. The molecule has 1 aliphatic heterocycles. The third-order valence-corrected chi connectivity index (χ3v) is 3.38. The van der Waals surface area contributed by atoms with Crippen LogP contribution in [-0.4, -0.2) is 60.7 Å². The molecule has 0 saturated carbocycles. The number of amides is 2. The second-order valence-electron chi connectivity index (χ2n) is 5.27. The number of piperidine rings is 1. The van der Waals surface area contributed by atoms with Crippen LogP contribution in [0.5, 0.6) is 0 Å². The zero-order valence-corrected chi connectivity index (χ0v) is 12.5. The summed E-state index contributed by atoms with van der Waals surface area (Å²) in [4.78, 5) is 39.9. The lowest BCUT2D eigenvalue weighted by molar-refractivity contribution is -0.139. The monoisotopic (exact) mass is 312 g/mol. The summed E-state index contributed by atoms with van der Waals surface area (Å²) in [5.41, 5.74) is 16.0. The highest BCUT2D eigenvalue weighted by Crippen LogP contribution is 2.09. The quantitative estimate of drug-likeness (QED) is 0.170. The average molecular weight is 312 g/mol. The van der Waals surface area contributed by atoms with E-state index in [9.17, 15) is 14.4 Å². The SMILES string of the molecule is NC(N)=NCCCC(C=O)NC(=O)CN1CCCC(N)C1=O. The van der Waals surface area contributed by atoms with Gasteiger partial charge in [0.05, 0.1) is 18.6 Å². The molecular formula is C13H24N6O3. The topological polar surface area (TPSA) is 157 Å². The average Bonchev–Trinajstić information content (AvgIpc) is 2.46. The van der Waals surface area contributed by atoms with Crippen molar-refractivity contribution < 1.29 is 14.4 Å². The summed E-state index contributed by atoms with van der Waals surface area (Å²) in [6.07, 6.45) is 3.07. The summed E-state index contributed by atoms with van der Waals surface area (Å²) in [5, 5.41) is 2.58. The van der Waals surface area contributed by atoms with Gasteiger partial charge in [-0.25, -0.2) is 0 Å². The molecule has 0 radical (unpaired) electrons. The van der Waals surface area contributed by atoms with Crippen LogP contribution in [0.15, 0.2) is 4.99 Å². The summed E-state index contributed by atoms with van der Waals surface area (Å²) in [5.74, 6) is -0.607. The lowest BCUT2D eigenvalue weighted by Gasteiger charge is -2.30. The van der Waals surface area contributed by atoms with E-state index in [-0.39, 0.29) is 24.3 Å². The number of aliphatic imine (C=N–C) groups is 1. The molecule has 2 amide bonds. The van der Waals surface area contributed by atoms with E-state index in [4.69, 9.17) is 17.2 Å². The highest BCUT2D eigenvalue weighted by atomic mass is 16.2. The molecule has 2 atom stereocenters. The molecule has 1 rings (SSSR count). The van der Waals surface area contributed by atoms with Crippen LogP contribution >= 0.6 is 0 Å². The summed E-state index contributed by atoms with van der Waals surface area (Å²) in [6.45, 7) is 0.822. The van der Waals surface area contributed by atoms with Crippen LogP contribution in [-0.2, 0) is 14.4 Å². The fraction of sp³-hybridized carbons (Fsp3) is 0.692. The van der Waals surface area contributed by atoms with Crippen molar-refractivity contribution in [2.24, 2.45) is 22.2 Å². The molecule has 0 aromatic carbocycles. The molecule has 1 heterocycles. The van der Waals surface area contributed by atoms with Crippen LogP contribution < -0.4 is 22.5 Å². The third-order valence-electron chi connectivity index (χ3n) is 3.38. The molecule has 7 N–H and O–H groups in total. The van der Waals surface area contributed by atoms with E-state index < -0.39 is 12.1 Å². The number of nitrogens with one attached hydrogen (secondary N) is 1. The van der Waals surface area contributed by atoms with Gasteiger partial charge in [-0.05, 0) is 25.7 Å². The van der Waals surface area contributed by atoms with Crippen LogP contribution in [0.1, 0.15) is 25.7 Å². The van der Waals surface area contributed by atoms with E-state index in [2.05, 4.69) is 10.3 Å². The van der Waals surface area contributed by atoms with Crippen molar-refractivity contribution in [3.05, 3.63) is 0 Å². The van der Waals surface area contributed by atoms with E-state index in [1.807, 2.05) is 0 Å². The molecule has 22 heavy (non-hydrogen) atoms. The lowest BCUT2D eigenvalue weighted by atomic mass is 10.1. The van der Waals surface area contributed by atoms with Gasteiger partial charge in [-0.2, -0.15) is 0 Å². The van der Waals surface area contributed by atoms with E-state index in [0.29, 0.717) is 38.6 Å². The van der Waals surface area contributed by atoms with E-state index in [1.165, 1.54) is 4.90 Å².